The van der Waals surface area contributed by atoms with Crippen LogP contribution in [0, 0.1) is 5.92 Å². The summed E-state index contributed by atoms with van der Waals surface area (Å²) in [7, 11) is 0. The minimum Gasteiger partial charge on any atom is -0.392 e. The Morgan fingerprint density at radius 1 is 0.833 bits per heavy atom. The van der Waals surface area contributed by atoms with E-state index in [1.165, 1.54) is 11.1 Å². The minimum atomic E-state index is -0.292. The maximum absolute atomic E-state index is 10.7. The molecule has 2 aromatic carbocycles. The molecule has 0 aliphatic heterocycles. The molecule has 130 valence electrons. The zero-order chi connectivity index (χ0) is 17.4. The van der Waals surface area contributed by atoms with E-state index in [2.05, 4.69) is 86.3 Å². The number of aliphatic hydroxyl groups excluding tert-OH is 1. The molecule has 0 spiro atoms. The number of rotatable bonds is 9. The van der Waals surface area contributed by atoms with E-state index < -0.39 is 0 Å². The van der Waals surface area contributed by atoms with Gasteiger partial charge in [-0.15, -0.1) is 0 Å². The monoisotopic (exact) mass is 325 g/mol. The van der Waals surface area contributed by atoms with Crippen molar-refractivity contribution in [1.82, 2.24) is 4.90 Å². The Morgan fingerprint density at radius 2 is 1.29 bits per heavy atom. The quantitative estimate of drug-likeness (QED) is 0.710. The lowest BCUT2D eigenvalue weighted by molar-refractivity contribution is 0.0258. The van der Waals surface area contributed by atoms with Gasteiger partial charge in [-0.1, -0.05) is 81.4 Å². The summed E-state index contributed by atoms with van der Waals surface area (Å²) in [6.07, 6.45) is 1.51. The molecule has 0 radical (unpaired) electrons. The lowest BCUT2D eigenvalue weighted by atomic mass is 9.95. The Labute approximate surface area is 147 Å². The van der Waals surface area contributed by atoms with Gasteiger partial charge in [0.2, 0.25) is 0 Å². The van der Waals surface area contributed by atoms with Gasteiger partial charge in [0.15, 0.2) is 0 Å². The van der Waals surface area contributed by atoms with E-state index in [0.29, 0.717) is 5.92 Å². The van der Waals surface area contributed by atoms with E-state index in [-0.39, 0.29) is 12.1 Å². The van der Waals surface area contributed by atoms with Crippen molar-refractivity contribution in [2.45, 2.75) is 58.8 Å². The molecule has 0 heterocycles. The van der Waals surface area contributed by atoms with Crippen molar-refractivity contribution >= 4 is 0 Å². The van der Waals surface area contributed by atoms with Gasteiger partial charge < -0.3 is 5.11 Å². The summed E-state index contributed by atoms with van der Waals surface area (Å²) in [5.74, 6) is 0.560. The summed E-state index contributed by atoms with van der Waals surface area (Å²) >= 11 is 0. The molecule has 0 aliphatic rings. The van der Waals surface area contributed by atoms with Gasteiger partial charge >= 0.3 is 0 Å². The van der Waals surface area contributed by atoms with E-state index in [1.54, 1.807) is 0 Å². The number of hydrogen-bond donors (Lipinski definition) is 1. The highest BCUT2D eigenvalue weighted by atomic mass is 16.3. The predicted octanol–water partition coefficient (Wildman–Crippen LogP) is 4.87. The van der Waals surface area contributed by atoms with Crippen molar-refractivity contribution in [2.24, 2.45) is 5.92 Å². The van der Waals surface area contributed by atoms with Gasteiger partial charge in [0.05, 0.1) is 6.10 Å². The molecule has 2 aromatic rings. The van der Waals surface area contributed by atoms with Gasteiger partial charge in [-0.05, 0) is 29.9 Å². The zero-order valence-electron chi connectivity index (χ0n) is 15.2. The minimum absolute atomic E-state index is 0.176. The van der Waals surface area contributed by atoms with Crippen LogP contribution in [0.25, 0.3) is 0 Å². The molecule has 2 atom stereocenters. The molecule has 1 N–H and O–H groups in total. The summed E-state index contributed by atoms with van der Waals surface area (Å²) in [4.78, 5) is 2.44. The Hall–Kier alpha value is -1.64. The standard InChI is InChI=1S/C22H31NO/c1-4-22(24)21(15-18(2)3)23(16-19-11-7-5-8-12-19)17-20-13-9-6-10-14-20/h5-14,18,21-22,24H,4,15-17H2,1-3H3/t21-,22+/m0/s1. The van der Waals surface area contributed by atoms with E-state index in [1.807, 2.05) is 0 Å². The molecule has 0 amide bonds. The molecule has 24 heavy (non-hydrogen) atoms. The highest BCUT2D eigenvalue weighted by Gasteiger charge is 2.26. The molecule has 0 aromatic heterocycles. The third-order valence-corrected chi connectivity index (χ3v) is 4.50. The van der Waals surface area contributed by atoms with Crippen LogP contribution in [0.3, 0.4) is 0 Å². The molecule has 2 heteroatoms. The number of benzene rings is 2. The van der Waals surface area contributed by atoms with Crippen molar-refractivity contribution in [2.75, 3.05) is 0 Å². The van der Waals surface area contributed by atoms with Crippen LogP contribution in [0.1, 0.15) is 44.7 Å². The zero-order valence-corrected chi connectivity index (χ0v) is 15.2. The molecule has 0 fully saturated rings. The first kappa shape index (κ1) is 18.7. The van der Waals surface area contributed by atoms with Crippen molar-refractivity contribution < 1.29 is 5.11 Å². The fraction of sp³-hybridized carbons (Fsp3) is 0.455. The third-order valence-electron chi connectivity index (χ3n) is 4.50. The molecule has 0 unspecified atom stereocenters. The maximum Gasteiger partial charge on any atom is 0.0693 e. The molecule has 0 bridgehead atoms. The first-order valence-corrected chi connectivity index (χ1v) is 9.10. The molecular weight excluding hydrogens is 294 g/mol. The Bertz CT molecular complexity index is 526. The van der Waals surface area contributed by atoms with Crippen molar-refractivity contribution in [3.63, 3.8) is 0 Å². The van der Waals surface area contributed by atoms with Gasteiger partial charge in [0.1, 0.15) is 0 Å². The summed E-state index contributed by atoms with van der Waals surface area (Å²) in [5, 5.41) is 10.7. The summed E-state index contributed by atoms with van der Waals surface area (Å²) in [6, 6.07) is 21.3. The fourth-order valence-electron chi connectivity index (χ4n) is 3.23. The Balaban J connectivity index is 2.24. The van der Waals surface area contributed by atoms with Crippen LogP contribution in [0.5, 0.6) is 0 Å². The summed E-state index contributed by atoms with van der Waals surface area (Å²) in [5.41, 5.74) is 2.59. The Kier molecular flexibility index (Phi) is 7.48. The number of hydrogen-bond acceptors (Lipinski definition) is 2. The van der Waals surface area contributed by atoms with Crippen molar-refractivity contribution in [3.05, 3.63) is 71.8 Å². The highest BCUT2D eigenvalue weighted by molar-refractivity contribution is 5.17. The topological polar surface area (TPSA) is 23.5 Å². The fourth-order valence-corrected chi connectivity index (χ4v) is 3.23. The van der Waals surface area contributed by atoms with Crippen LogP contribution in [-0.4, -0.2) is 22.2 Å². The number of nitrogens with zero attached hydrogens (tertiary/aromatic N) is 1. The van der Waals surface area contributed by atoms with Crippen LogP contribution in [0.2, 0.25) is 0 Å². The lowest BCUT2D eigenvalue weighted by Gasteiger charge is -2.36. The highest BCUT2D eigenvalue weighted by Crippen LogP contribution is 2.22. The van der Waals surface area contributed by atoms with E-state index >= 15 is 0 Å². The van der Waals surface area contributed by atoms with Crippen LogP contribution in [0.15, 0.2) is 60.7 Å². The first-order valence-electron chi connectivity index (χ1n) is 9.10. The van der Waals surface area contributed by atoms with Crippen LogP contribution in [-0.2, 0) is 13.1 Å². The third kappa shape index (κ3) is 5.77. The van der Waals surface area contributed by atoms with Gasteiger partial charge in [-0.25, -0.2) is 0 Å². The molecule has 2 nitrogen and oxygen atoms in total. The van der Waals surface area contributed by atoms with Crippen LogP contribution < -0.4 is 0 Å². The van der Waals surface area contributed by atoms with Gasteiger partial charge in [0.25, 0.3) is 0 Å². The first-order chi connectivity index (χ1) is 11.6. The van der Waals surface area contributed by atoms with Crippen LogP contribution in [0.4, 0.5) is 0 Å². The number of aliphatic hydroxyl groups is 1. The van der Waals surface area contributed by atoms with Gasteiger partial charge in [-0.2, -0.15) is 0 Å². The molecule has 0 saturated heterocycles. The molecule has 2 rings (SSSR count). The van der Waals surface area contributed by atoms with Gasteiger partial charge in [0, 0.05) is 19.1 Å². The second-order valence-corrected chi connectivity index (χ2v) is 7.05. The van der Waals surface area contributed by atoms with Crippen LogP contribution >= 0.6 is 0 Å². The largest absolute Gasteiger partial charge is 0.392 e. The van der Waals surface area contributed by atoms with Gasteiger partial charge in [-0.3, -0.25) is 4.90 Å². The molecule has 0 saturated carbocycles. The summed E-state index contributed by atoms with van der Waals surface area (Å²) < 4.78 is 0. The van der Waals surface area contributed by atoms with E-state index in [4.69, 9.17) is 0 Å². The molecular formula is C22H31NO. The second kappa shape index (κ2) is 9.61. The van der Waals surface area contributed by atoms with Crippen molar-refractivity contribution in [1.29, 1.82) is 0 Å². The van der Waals surface area contributed by atoms with E-state index in [0.717, 1.165) is 25.9 Å². The van der Waals surface area contributed by atoms with E-state index in [9.17, 15) is 5.11 Å². The SMILES string of the molecule is CC[C@@H](O)[C@H](CC(C)C)N(Cc1ccccc1)Cc1ccccc1. The smallest absolute Gasteiger partial charge is 0.0693 e. The normalized spacial score (nSPS) is 14.1. The van der Waals surface area contributed by atoms with Crippen molar-refractivity contribution in [3.8, 4) is 0 Å². The second-order valence-electron chi connectivity index (χ2n) is 7.05. The molecule has 0 aliphatic carbocycles. The average molecular weight is 325 g/mol. The lowest BCUT2D eigenvalue weighted by Crippen LogP contribution is -2.43. The Morgan fingerprint density at radius 3 is 1.67 bits per heavy atom. The predicted molar refractivity (Wildman–Crippen MR) is 102 cm³/mol. The maximum atomic E-state index is 10.7. The summed E-state index contributed by atoms with van der Waals surface area (Å²) in [6.45, 7) is 8.27. The average Bonchev–Trinajstić information content (AvgIpc) is 2.60.